The van der Waals surface area contributed by atoms with Gasteiger partial charge in [0.15, 0.2) is 0 Å². The van der Waals surface area contributed by atoms with E-state index in [1.54, 1.807) is 49.4 Å². The van der Waals surface area contributed by atoms with Crippen LogP contribution in [0.1, 0.15) is 25.5 Å². The number of nitrogens with zero attached hydrogens (tertiary/aromatic N) is 2. The molecule has 0 aliphatic carbocycles. The second-order valence-electron chi connectivity index (χ2n) is 9.19. The first-order chi connectivity index (χ1) is 18.8. The van der Waals surface area contributed by atoms with E-state index in [0.717, 1.165) is 0 Å². The monoisotopic (exact) mass is 564 g/mol. The number of hydrogen-bond donors (Lipinski definition) is 2. The van der Waals surface area contributed by atoms with Crippen LogP contribution in [-0.4, -0.2) is 46.8 Å². The van der Waals surface area contributed by atoms with Crippen molar-refractivity contribution in [1.82, 2.24) is 15.1 Å². The number of anilines is 1. The highest BCUT2D eigenvalue weighted by molar-refractivity contribution is 6.35. The van der Waals surface area contributed by atoms with Crippen LogP contribution in [-0.2, 0) is 9.59 Å². The maximum atomic E-state index is 13.7. The fourth-order valence-electron chi connectivity index (χ4n) is 4.75. The van der Waals surface area contributed by atoms with Gasteiger partial charge in [-0.15, -0.1) is 0 Å². The summed E-state index contributed by atoms with van der Waals surface area (Å²) in [4.78, 5) is 42.8. The summed E-state index contributed by atoms with van der Waals surface area (Å²) in [5, 5.41) is 6.53. The molecule has 0 aromatic heterocycles. The molecule has 39 heavy (non-hydrogen) atoms. The van der Waals surface area contributed by atoms with E-state index < -0.39 is 12.1 Å². The third-order valence-corrected chi connectivity index (χ3v) is 7.35. The number of urea groups is 1. The Morgan fingerprint density at radius 3 is 2.41 bits per heavy atom. The molecule has 2 atom stereocenters. The zero-order valence-corrected chi connectivity index (χ0v) is 22.8. The van der Waals surface area contributed by atoms with Crippen molar-refractivity contribution in [3.05, 3.63) is 99.7 Å². The van der Waals surface area contributed by atoms with Crippen molar-refractivity contribution in [2.75, 3.05) is 18.4 Å². The number of carbonyl (C=O) groups is 3. The highest BCUT2D eigenvalue weighted by Gasteiger charge is 2.46. The van der Waals surface area contributed by atoms with E-state index in [1.807, 2.05) is 37.3 Å². The van der Waals surface area contributed by atoms with Crippen LogP contribution in [0.4, 0.5) is 10.5 Å². The number of amides is 4. The van der Waals surface area contributed by atoms with Crippen LogP contribution in [0, 0.1) is 0 Å². The molecule has 2 aliphatic rings. The molecule has 0 saturated heterocycles. The van der Waals surface area contributed by atoms with Crippen LogP contribution in [0.2, 0.25) is 10.0 Å². The third-order valence-electron chi connectivity index (χ3n) is 6.79. The minimum absolute atomic E-state index is 0.121. The zero-order chi connectivity index (χ0) is 27.7. The summed E-state index contributed by atoms with van der Waals surface area (Å²) in [5.74, 6) is 0.638. The molecular weight excluding hydrogens is 539 g/mol. The second-order valence-corrected chi connectivity index (χ2v) is 10.0. The molecule has 0 spiro atoms. The Kier molecular flexibility index (Phi) is 7.50. The Morgan fingerprint density at radius 1 is 1.05 bits per heavy atom. The minimum atomic E-state index is -0.807. The predicted molar refractivity (Wildman–Crippen MR) is 150 cm³/mol. The number of nitrogens with one attached hydrogen (secondary N) is 2. The van der Waals surface area contributed by atoms with E-state index in [1.165, 1.54) is 9.80 Å². The first kappa shape index (κ1) is 26.6. The normalized spacial score (nSPS) is 17.6. The maximum absolute atomic E-state index is 13.7. The topological polar surface area (TPSA) is 91.0 Å². The maximum Gasteiger partial charge on any atom is 0.322 e. The van der Waals surface area contributed by atoms with Gasteiger partial charge in [0.05, 0.1) is 23.9 Å². The Morgan fingerprint density at radius 2 is 1.74 bits per heavy atom. The quantitative estimate of drug-likeness (QED) is 0.368. The Labute approximate surface area is 236 Å². The van der Waals surface area contributed by atoms with E-state index in [0.29, 0.717) is 50.6 Å². The lowest BCUT2D eigenvalue weighted by Gasteiger charge is -2.33. The zero-order valence-electron chi connectivity index (χ0n) is 21.3. The number of halogens is 2. The summed E-state index contributed by atoms with van der Waals surface area (Å²) >= 11 is 12.5. The van der Waals surface area contributed by atoms with Gasteiger partial charge in [-0.25, -0.2) is 4.79 Å². The van der Waals surface area contributed by atoms with Crippen molar-refractivity contribution in [2.45, 2.75) is 25.9 Å². The first-order valence-electron chi connectivity index (χ1n) is 12.5. The molecule has 3 aromatic carbocycles. The van der Waals surface area contributed by atoms with E-state index >= 15 is 0 Å². The molecular formula is C29H26Cl2N4O4. The standard InChI is InChI=1S/C29H26Cl2N4O4/c1-3-34-24-16-35(28(37)25(24)26(33-29(34)38)22-14-9-18(30)15-23(22)31)17(2)27(36)32-19-10-12-21(13-11-19)39-20-7-5-4-6-8-20/h4-15,17,26H,3,16H2,1-2H3,(H,32,36)(H,33,38)/t17-,26+/m1/s1. The van der Waals surface area contributed by atoms with E-state index in [9.17, 15) is 14.4 Å². The van der Waals surface area contributed by atoms with E-state index in [-0.39, 0.29) is 24.4 Å². The molecule has 5 rings (SSSR count). The molecule has 2 N–H and O–H groups in total. The highest BCUT2D eigenvalue weighted by Crippen LogP contribution is 2.39. The van der Waals surface area contributed by atoms with Gasteiger partial charge in [-0.3, -0.25) is 14.5 Å². The number of carbonyl (C=O) groups excluding carboxylic acids is 3. The van der Waals surface area contributed by atoms with Gasteiger partial charge in [0.1, 0.15) is 17.5 Å². The molecule has 2 heterocycles. The Hall–Kier alpha value is -4.01. The average Bonchev–Trinajstić information content (AvgIpc) is 3.26. The van der Waals surface area contributed by atoms with Gasteiger partial charge in [0.2, 0.25) is 5.91 Å². The fourth-order valence-corrected chi connectivity index (χ4v) is 5.27. The summed E-state index contributed by atoms with van der Waals surface area (Å²) in [6.45, 7) is 3.98. The van der Waals surface area contributed by atoms with Crippen LogP contribution < -0.4 is 15.4 Å². The largest absolute Gasteiger partial charge is 0.457 e. The highest BCUT2D eigenvalue weighted by atomic mass is 35.5. The lowest BCUT2D eigenvalue weighted by Crippen LogP contribution is -2.47. The lowest BCUT2D eigenvalue weighted by atomic mass is 9.95. The molecule has 200 valence electrons. The van der Waals surface area contributed by atoms with Crippen LogP contribution in [0.25, 0.3) is 0 Å². The van der Waals surface area contributed by atoms with Crippen LogP contribution >= 0.6 is 23.2 Å². The van der Waals surface area contributed by atoms with E-state index in [2.05, 4.69) is 10.6 Å². The van der Waals surface area contributed by atoms with Crippen LogP contribution in [0.15, 0.2) is 84.1 Å². The number of likely N-dealkylation sites (N-methyl/N-ethyl adjacent to an activating group) is 1. The number of para-hydroxylation sites is 1. The molecule has 10 heteroatoms. The average molecular weight is 565 g/mol. The van der Waals surface area contributed by atoms with Crippen molar-refractivity contribution in [2.24, 2.45) is 0 Å². The molecule has 0 radical (unpaired) electrons. The first-order valence-corrected chi connectivity index (χ1v) is 13.2. The summed E-state index contributed by atoms with van der Waals surface area (Å²) in [6.07, 6.45) is 0. The molecule has 0 unspecified atom stereocenters. The van der Waals surface area contributed by atoms with Crippen molar-refractivity contribution in [1.29, 1.82) is 0 Å². The number of rotatable bonds is 7. The Bertz CT molecular complexity index is 1460. The predicted octanol–water partition coefficient (Wildman–Crippen LogP) is 6.00. The summed E-state index contributed by atoms with van der Waals surface area (Å²) in [7, 11) is 0. The van der Waals surface area contributed by atoms with Gasteiger partial charge in [-0.05, 0) is 67.9 Å². The second kappa shape index (κ2) is 11.0. The minimum Gasteiger partial charge on any atom is -0.457 e. The summed E-state index contributed by atoms with van der Waals surface area (Å²) < 4.78 is 5.80. The van der Waals surface area contributed by atoms with Gasteiger partial charge in [0.25, 0.3) is 5.91 Å². The van der Waals surface area contributed by atoms with Crippen molar-refractivity contribution in [3.8, 4) is 11.5 Å². The molecule has 4 amide bonds. The van der Waals surface area contributed by atoms with Gasteiger partial charge in [-0.1, -0.05) is 47.5 Å². The van der Waals surface area contributed by atoms with Gasteiger partial charge in [0, 0.05) is 22.3 Å². The van der Waals surface area contributed by atoms with Crippen LogP contribution in [0.5, 0.6) is 11.5 Å². The molecule has 0 bridgehead atoms. The fraction of sp³-hybridized carbons (Fsp3) is 0.207. The Balaban J connectivity index is 1.33. The summed E-state index contributed by atoms with van der Waals surface area (Å²) in [5.41, 5.74) is 2.07. The lowest BCUT2D eigenvalue weighted by molar-refractivity contribution is -0.133. The van der Waals surface area contributed by atoms with Crippen molar-refractivity contribution < 1.29 is 19.1 Å². The van der Waals surface area contributed by atoms with Crippen molar-refractivity contribution >= 4 is 46.7 Å². The number of benzene rings is 3. The van der Waals surface area contributed by atoms with Gasteiger partial charge >= 0.3 is 6.03 Å². The molecule has 0 fully saturated rings. The van der Waals surface area contributed by atoms with Crippen LogP contribution in [0.3, 0.4) is 0 Å². The number of ether oxygens (including phenoxy) is 1. The molecule has 0 saturated carbocycles. The SMILES string of the molecule is CCN1C(=O)N[C@@H](c2ccc(Cl)cc2Cl)C2=C1CN([C@H](C)C(=O)Nc1ccc(Oc3ccccc3)cc1)C2=O. The van der Waals surface area contributed by atoms with Crippen molar-refractivity contribution in [3.63, 3.8) is 0 Å². The molecule has 2 aliphatic heterocycles. The van der Waals surface area contributed by atoms with Gasteiger partial charge in [-0.2, -0.15) is 0 Å². The van der Waals surface area contributed by atoms with Gasteiger partial charge < -0.3 is 20.3 Å². The summed E-state index contributed by atoms with van der Waals surface area (Å²) in [6, 6.07) is 19.4. The smallest absolute Gasteiger partial charge is 0.322 e. The molecule has 3 aromatic rings. The molecule has 8 nitrogen and oxygen atoms in total. The third kappa shape index (κ3) is 5.30. The number of hydrogen-bond acceptors (Lipinski definition) is 4. The van der Waals surface area contributed by atoms with E-state index in [4.69, 9.17) is 27.9 Å².